The van der Waals surface area contributed by atoms with Gasteiger partial charge in [0, 0.05) is 18.6 Å². The summed E-state index contributed by atoms with van der Waals surface area (Å²) in [6.45, 7) is 1.71. The number of aromatic nitrogens is 2. The molecule has 20 heavy (non-hydrogen) atoms. The van der Waals surface area contributed by atoms with Crippen LogP contribution in [0.3, 0.4) is 0 Å². The summed E-state index contributed by atoms with van der Waals surface area (Å²) in [5.74, 6) is 0.0965. The molecule has 2 rings (SSSR count). The van der Waals surface area contributed by atoms with Crippen LogP contribution in [0.15, 0.2) is 41.6 Å². The molecule has 6 nitrogen and oxygen atoms in total. The number of hydrogen-bond donors (Lipinski definition) is 1. The topological polar surface area (TPSA) is 89.0 Å². The summed E-state index contributed by atoms with van der Waals surface area (Å²) in [5, 5.41) is 2.55. The first-order valence-corrected chi connectivity index (χ1v) is 7.66. The maximum atomic E-state index is 12.0. The Kier molecular flexibility index (Phi) is 3.80. The Morgan fingerprint density at radius 1 is 1.15 bits per heavy atom. The molecule has 0 spiro atoms. The van der Waals surface area contributed by atoms with E-state index in [1.807, 2.05) is 0 Å². The molecule has 0 radical (unpaired) electrons. The standard InChI is InChI=1S/C13H13N3O3S/c1-9-14-7-10(8-15-9)13(17)16-11-5-3-4-6-12(11)20(2,18)19/h3-8H,1-2H3,(H,16,17). The van der Waals surface area contributed by atoms with Gasteiger partial charge in [0.05, 0.1) is 16.1 Å². The molecule has 0 aliphatic rings. The number of nitrogens with one attached hydrogen (secondary N) is 1. The summed E-state index contributed by atoms with van der Waals surface area (Å²) in [6.07, 6.45) is 3.87. The van der Waals surface area contributed by atoms with E-state index in [1.54, 1.807) is 19.1 Å². The number of carbonyl (C=O) groups is 1. The third kappa shape index (κ3) is 3.18. The lowest BCUT2D eigenvalue weighted by atomic mass is 10.2. The van der Waals surface area contributed by atoms with Crippen molar-refractivity contribution in [1.82, 2.24) is 9.97 Å². The van der Waals surface area contributed by atoms with Crippen molar-refractivity contribution in [3.63, 3.8) is 0 Å². The van der Waals surface area contributed by atoms with E-state index in [0.29, 0.717) is 5.82 Å². The fraction of sp³-hybridized carbons (Fsp3) is 0.154. The molecule has 7 heteroatoms. The van der Waals surface area contributed by atoms with Crippen LogP contribution in [-0.4, -0.2) is 30.5 Å². The molecular formula is C13H13N3O3S. The smallest absolute Gasteiger partial charge is 0.258 e. The largest absolute Gasteiger partial charge is 0.321 e. The van der Waals surface area contributed by atoms with Crippen LogP contribution in [0.1, 0.15) is 16.2 Å². The van der Waals surface area contributed by atoms with Crippen LogP contribution in [0.5, 0.6) is 0 Å². The molecular weight excluding hydrogens is 278 g/mol. The van der Waals surface area contributed by atoms with Crippen LogP contribution in [0.25, 0.3) is 0 Å². The number of para-hydroxylation sites is 1. The third-order valence-corrected chi connectivity index (χ3v) is 3.73. The highest BCUT2D eigenvalue weighted by atomic mass is 32.2. The molecule has 1 N–H and O–H groups in total. The summed E-state index contributed by atoms with van der Waals surface area (Å²) in [6, 6.07) is 6.22. The van der Waals surface area contributed by atoms with Gasteiger partial charge in [0.15, 0.2) is 9.84 Å². The number of sulfone groups is 1. The van der Waals surface area contributed by atoms with E-state index in [-0.39, 0.29) is 16.1 Å². The molecule has 1 aromatic carbocycles. The Morgan fingerprint density at radius 3 is 2.35 bits per heavy atom. The molecule has 2 aromatic rings. The lowest BCUT2D eigenvalue weighted by Gasteiger charge is -2.09. The number of carbonyl (C=O) groups excluding carboxylic acids is 1. The first-order chi connectivity index (χ1) is 9.38. The molecule has 1 heterocycles. The lowest BCUT2D eigenvalue weighted by Crippen LogP contribution is -2.15. The molecule has 104 valence electrons. The summed E-state index contributed by atoms with van der Waals surface area (Å²) < 4.78 is 23.3. The molecule has 0 unspecified atom stereocenters. The number of nitrogens with zero attached hydrogens (tertiary/aromatic N) is 2. The predicted molar refractivity (Wildman–Crippen MR) is 74.3 cm³/mol. The van der Waals surface area contributed by atoms with Crippen molar-refractivity contribution in [2.24, 2.45) is 0 Å². The maximum absolute atomic E-state index is 12.0. The van der Waals surface area contributed by atoms with Crippen LogP contribution in [-0.2, 0) is 9.84 Å². The zero-order valence-electron chi connectivity index (χ0n) is 11.0. The summed E-state index contributed by atoms with van der Waals surface area (Å²) in [7, 11) is -3.41. The van der Waals surface area contributed by atoms with Gasteiger partial charge >= 0.3 is 0 Å². The van der Waals surface area contributed by atoms with Crippen LogP contribution in [0, 0.1) is 6.92 Å². The minimum absolute atomic E-state index is 0.0707. The monoisotopic (exact) mass is 291 g/mol. The minimum atomic E-state index is -3.41. The van der Waals surface area contributed by atoms with Crippen molar-refractivity contribution >= 4 is 21.4 Å². The summed E-state index contributed by atoms with van der Waals surface area (Å²) in [5.41, 5.74) is 0.500. The fourth-order valence-corrected chi connectivity index (χ4v) is 2.44. The van der Waals surface area contributed by atoms with Gasteiger partial charge in [-0.15, -0.1) is 0 Å². The Bertz CT molecular complexity index is 740. The van der Waals surface area contributed by atoms with E-state index < -0.39 is 15.7 Å². The van der Waals surface area contributed by atoms with E-state index in [1.165, 1.54) is 24.5 Å². The minimum Gasteiger partial charge on any atom is -0.321 e. The Hall–Kier alpha value is -2.28. The Labute approximate surface area is 116 Å². The third-order valence-electron chi connectivity index (χ3n) is 2.58. The molecule has 0 saturated heterocycles. The average molecular weight is 291 g/mol. The number of hydrogen-bond acceptors (Lipinski definition) is 5. The maximum Gasteiger partial charge on any atom is 0.258 e. The van der Waals surface area contributed by atoms with Crippen molar-refractivity contribution in [3.05, 3.63) is 48.0 Å². The second kappa shape index (κ2) is 5.38. The van der Waals surface area contributed by atoms with E-state index >= 15 is 0 Å². The first kappa shape index (κ1) is 14.1. The van der Waals surface area contributed by atoms with Gasteiger partial charge in [-0.25, -0.2) is 18.4 Å². The summed E-state index contributed by atoms with van der Waals surface area (Å²) in [4.78, 5) is 19.9. The second-order valence-corrected chi connectivity index (χ2v) is 6.23. The van der Waals surface area contributed by atoms with E-state index in [4.69, 9.17) is 0 Å². The predicted octanol–water partition coefficient (Wildman–Crippen LogP) is 1.44. The molecule has 1 amide bonds. The number of aryl methyl sites for hydroxylation is 1. The van der Waals surface area contributed by atoms with Gasteiger partial charge in [-0.2, -0.15) is 0 Å². The lowest BCUT2D eigenvalue weighted by molar-refractivity contribution is 0.102. The molecule has 0 fully saturated rings. The van der Waals surface area contributed by atoms with Gasteiger partial charge in [0.1, 0.15) is 5.82 Å². The first-order valence-electron chi connectivity index (χ1n) is 5.77. The SMILES string of the molecule is Cc1ncc(C(=O)Nc2ccccc2S(C)(=O)=O)cn1. The highest BCUT2D eigenvalue weighted by Gasteiger charge is 2.15. The van der Waals surface area contributed by atoms with Gasteiger partial charge in [-0.1, -0.05) is 12.1 Å². The molecule has 0 bridgehead atoms. The Morgan fingerprint density at radius 2 is 1.75 bits per heavy atom. The van der Waals surface area contributed by atoms with Crippen LogP contribution in [0.2, 0.25) is 0 Å². The van der Waals surface area contributed by atoms with Gasteiger partial charge in [-0.3, -0.25) is 4.79 Å². The van der Waals surface area contributed by atoms with Crippen molar-refractivity contribution in [2.45, 2.75) is 11.8 Å². The zero-order valence-corrected chi connectivity index (χ0v) is 11.8. The Balaban J connectivity index is 2.31. The van der Waals surface area contributed by atoms with E-state index in [0.717, 1.165) is 6.26 Å². The van der Waals surface area contributed by atoms with E-state index in [2.05, 4.69) is 15.3 Å². The molecule has 0 aliphatic heterocycles. The quantitative estimate of drug-likeness (QED) is 0.924. The van der Waals surface area contributed by atoms with Crippen molar-refractivity contribution < 1.29 is 13.2 Å². The number of anilines is 1. The summed E-state index contributed by atoms with van der Waals surface area (Å²) >= 11 is 0. The normalized spacial score (nSPS) is 11.1. The van der Waals surface area contributed by atoms with Gasteiger partial charge in [-0.05, 0) is 19.1 Å². The van der Waals surface area contributed by atoms with E-state index in [9.17, 15) is 13.2 Å². The van der Waals surface area contributed by atoms with Gasteiger partial charge in [0.2, 0.25) is 0 Å². The van der Waals surface area contributed by atoms with Crippen LogP contribution >= 0.6 is 0 Å². The van der Waals surface area contributed by atoms with Gasteiger partial charge < -0.3 is 5.32 Å². The fourth-order valence-electron chi connectivity index (χ4n) is 1.60. The molecule has 0 saturated carbocycles. The zero-order chi connectivity index (χ0) is 14.8. The number of rotatable bonds is 3. The second-order valence-electron chi connectivity index (χ2n) is 4.24. The van der Waals surface area contributed by atoms with Gasteiger partial charge in [0.25, 0.3) is 5.91 Å². The van der Waals surface area contributed by atoms with Crippen molar-refractivity contribution in [2.75, 3.05) is 11.6 Å². The number of benzene rings is 1. The highest BCUT2D eigenvalue weighted by molar-refractivity contribution is 7.90. The average Bonchev–Trinajstić information content (AvgIpc) is 2.38. The molecule has 0 aliphatic carbocycles. The van der Waals surface area contributed by atoms with Crippen molar-refractivity contribution in [3.8, 4) is 0 Å². The van der Waals surface area contributed by atoms with Crippen molar-refractivity contribution in [1.29, 1.82) is 0 Å². The van der Waals surface area contributed by atoms with Crippen LogP contribution < -0.4 is 5.32 Å². The highest BCUT2D eigenvalue weighted by Crippen LogP contribution is 2.21. The molecule has 1 aromatic heterocycles. The van der Waals surface area contributed by atoms with Crippen LogP contribution in [0.4, 0.5) is 5.69 Å². The number of amides is 1. The molecule has 0 atom stereocenters.